The number of oxime groups is 1. The number of rotatable bonds is 18. The lowest BCUT2D eigenvalue weighted by atomic mass is 10.4. The first-order valence-electron chi connectivity index (χ1n) is 8.47. The van der Waals surface area contributed by atoms with Gasteiger partial charge in [-0.05, 0) is 26.4 Å². The fourth-order valence-electron chi connectivity index (χ4n) is 1.55. The Bertz CT molecular complexity index is 366. The maximum atomic E-state index is 11.3. The second-order valence-electron chi connectivity index (χ2n) is 5.12. The molecule has 1 amide bonds. The van der Waals surface area contributed by atoms with Crippen molar-refractivity contribution in [1.82, 2.24) is 10.6 Å². The van der Waals surface area contributed by atoms with E-state index in [2.05, 4.69) is 20.6 Å². The Kier molecular flexibility index (Phi) is 17.6. The first-order chi connectivity index (χ1) is 12.2. The van der Waals surface area contributed by atoms with Crippen LogP contribution in [0.4, 0.5) is 0 Å². The molecular weight excluding hydrogens is 330 g/mol. The summed E-state index contributed by atoms with van der Waals surface area (Å²) in [7, 11) is 1.92. The van der Waals surface area contributed by atoms with Crippen molar-refractivity contribution in [3.05, 3.63) is 0 Å². The molecule has 0 saturated heterocycles. The van der Waals surface area contributed by atoms with E-state index >= 15 is 0 Å². The molecule has 146 valence electrons. The summed E-state index contributed by atoms with van der Waals surface area (Å²) in [6.07, 6.45) is 2.70. The number of carbonyl (C=O) groups is 2. The molecule has 0 spiro atoms. The molecule has 0 aromatic carbocycles. The first kappa shape index (κ1) is 23.4. The van der Waals surface area contributed by atoms with Crippen LogP contribution in [0.15, 0.2) is 5.16 Å². The lowest BCUT2D eigenvalue weighted by molar-refractivity contribution is -0.125. The summed E-state index contributed by atoms with van der Waals surface area (Å²) in [4.78, 5) is 26.5. The van der Waals surface area contributed by atoms with E-state index in [0.29, 0.717) is 46.0 Å². The minimum atomic E-state index is -0.293. The van der Waals surface area contributed by atoms with Crippen molar-refractivity contribution in [2.45, 2.75) is 19.8 Å². The Balaban J connectivity index is 3.18. The highest BCUT2D eigenvalue weighted by atomic mass is 16.6. The van der Waals surface area contributed by atoms with E-state index in [9.17, 15) is 9.59 Å². The molecule has 0 bridgehead atoms. The normalized spacial score (nSPS) is 11.0. The fraction of sp³-hybridized carbons (Fsp3) is 0.812. The van der Waals surface area contributed by atoms with Gasteiger partial charge in [-0.1, -0.05) is 5.16 Å². The quantitative estimate of drug-likeness (QED) is 0.197. The molecule has 0 atom stereocenters. The molecule has 0 aliphatic carbocycles. The van der Waals surface area contributed by atoms with Crippen LogP contribution in [0.3, 0.4) is 0 Å². The molecule has 0 heterocycles. The van der Waals surface area contributed by atoms with E-state index in [1.54, 1.807) is 0 Å². The lowest BCUT2D eigenvalue weighted by Gasteiger charge is -2.07. The van der Waals surface area contributed by atoms with Gasteiger partial charge >= 0.3 is 0 Å². The Labute approximate surface area is 149 Å². The number of nitrogens with one attached hydrogen (secondary N) is 2. The third kappa shape index (κ3) is 20.4. The zero-order chi connectivity index (χ0) is 18.6. The van der Waals surface area contributed by atoms with E-state index in [1.165, 1.54) is 6.92 Å². The number of amides is 1. The molecule has 2 N–H and O–H groups in total. The van der Waals surface area contributed by atoms with Gasteiger partial charge in [-0.25, -0.2) is 0 Å². The number of carbonyl (C=O) groups excluding carboxylic acids is 2. The van der Waals surface area contributed by atoms with Gasteiger partial charge in [0.05, 0.1) is 26.4 Å². The van der Waals surface area contributed by atoms with Crippen molar-refractivity contribution in [3.63, 3.8) is 0 Å². The van der Waals surface area contributed by atoms with Crippen LogP contribution in [0, 0.1) is 0 Å². The average molecular weight is 361 g/mol. The second kappa shape index (κ2) is 18.8. The molecule has 0 radical (unpaired) electrons. The summed E-state index contributed by atoms with van der Waals surface area (Å²) < 4.78 is 16.1. The third-order valence-corrected chi connectivity index (χ3v) is 2.75. The Morgan fingerprint density at radius 2 is 1.48 bits per heavy atom. The van der Waals surface area contributed by atoms with Gasteiger partial charge < -0.3 is 29.7 Å². The summed E-state index contributed by atoms with van der Waals surface area (Å²) in [5, 5.41) is 9.05. The largest absolute Gasteiger partial charge is 0.386 e. The van der Waals surface area contributed by atoms with Crippen LogP contribution < -0.4 is 10.6 Å². The average Bonchev–Trinajstić information content (AvgIpc) is 2.59. The maximum absolute atomic E-state index is 11.3. The first-order valence-corrected chi connectivity index (χ1v) is 8.47. The van der Waals surface area contributed by atoms with Crippen LogP contribution >= 0.6 is 0 Å². The molecule has 0 fully saturated rings. The summed E-state index contributed by atoms with van der Waals surface area (Å²) in [6.45, 7) is 6.03. The highest BCUT2D eigenvalue weighted by Crippen LogP contribution is 1.86. The smallest absolute Gasteiger partial charge is 0.260 e. The molecule has 25 heavy (non-hydrogen) atoms. The number of ketones is 1. The molecule has 9 heteroatoms. The molecular formula is C16H31N3O6. The molecule has 0 unspecified atom stereocenters. The van der Waals surface area contributed by atoms with Crippen molar-refractivity contribution >= 4 is 17.9 Å². The zero-order valence-electron chi connectivity index (χ0n) is 15.3. The minimum Gasteiger partial charge on any atom is -0.386 e. The SMILES string of the molecule is CNCCCOCCOCCOCCCNC(=O)CO/N=C/C(C)=O. The minimum absolute atomic E-state index is 0.213. The van der Waals surface area contributed by atoms with E-state index in [-0.39, 0.29) is 18.3 Å². The van der Waals surface area contributed by atoms with Gasteiger partial charge in [-0.2, -0.15) is 0 Å². The number of ether oxygens (including phenoxy) is 3. The third-order valence-electron chi connectivity index (χ3n) is 2.75. The van der Waals surface area contributed by atoms with Crippen molar-refractivity contribution in [2.75, 3.05) is 66.4 Å². The molecule has 0 aliphatic heterocycles. The summed E-state index contributed by atoms with van der Waals surface area (Å²) >= 11 is 0. The van der Waals surface area contributed by atoms with Crippen molar-refractivity contribution < 1.29 is 28.6 Å². The van der Waals surface area contributed by atoms with Crippen molar-refractivity contribution in [1.29, 1.82) is 0 Å². The predicted molar refractivity (Wildman–Crippen MR) is 93.8 cm³/mol. The number of nitrogens with zero attached hydrogens (tertiary/aromatic N) is 1. The van der Waals surface area contributed by atoms with E-state index < -0.39 is 0 Å². The van der Waals surface area contributed by atoms with Gasteiger partial charge in [0.15, 0.2) is 12.4 Å². The Hall–Kier alpha value is -1.55. The van der Waals surface area contributed by atoms with Crippen LogP contribution in [0.2, 0.25) is 0 Å². The molecule has 0 saturated carbocycles. The van der Waals surface area contributed by atoms with Gasteiger partial charge in [-0.15, -0.1) is 0 Å². The van der Waals surface area contributed by atoms with E-state index in [4.69, 9.17) is 14.2 Å². The van der Waals surface area contributed by atoms with Gasteiger partial charge in [0, 0.05) is 26.7 Å². The van der Waals surface area contributed by atoms with E-state index in [0.717, 1.165) is 25.8 Å². The van der Waals surface area contributed by atoms with Crippen LogP contribution in [-0.2, 0) is 28.6 Å². The molecule has 0 aromatic rings. The number of hydrogen-bond acceptors (Lipinski definition) is 8. The fourth-order valence-corrected chi connectivity index (χ4v) is 1.55. The highest BCUT2D eigenvalue weighted by Gasteiger charge is 2.00. The van der Waals surface area contributed by atoms with Crippen molar-refractivity contribution in [3.8, 4) is 0 Å². The standard InChI is InChI=1S/C16H31N3O6/c1-15(20)13-19-25-14-16(21)18-6-4-8-23-10-12-24-11-9-22-7-3-5-17-2/h13,17H,3-12,14H2,1-2H3,(H,18,21)/b19-13+. The summed E-state index contributed by atoms with van der Waals surface area (Å²) in [5.41, 5.74) is 0. The maximum Gasteiger partial charge on any atom is 0.260 e. The van der Waals surface area contributed by atoms with Crippen LogP contribution in [0.1, 0.15) is 19.8 Å². The van der Waals surface area contributed by atoms with Crippen LogP contribution in [0.25, 0.3) is 0 Å². The molecule has 0 rings (SSSR count). The second-order valence-corrected chi connectivity index (χ2v) is 5.12. The van der Waals surface area contributed by atoms with E-state index in [1.807, 2.05) is 7.05 Å². The van der Waals surface area contributed by atoms with Crippen molar-refractivity contribution in [2.24, 2.45) is 5.16 Å². The molecule has 0 aliphatic rings. The number of Topliss-reactive ketones (excluding diaryl/α,β-unsaturated/α-hetero) is 1. The summed E-state index contributed by atoms with van der Waals surface area (Å²) in [6, 6.07) is 0. The van der Waals surface area contributed by atoms with Gasteiger partial charge in [0.1, 0.15) is 6.21 Å². The number of hydrogen-bond donors (Lipinski definition) is 2. The van der Waals surface area contributed by atoms with Gasteiger partial charge in [0.25, 0.3) is 5.91 Å². The topological polar surface area (TPSA) is 107 Å². The summed E-state index contributed by atoms with van der Waals surface area (Å²) in [5.74, 6) is -0.530. The molecule has 9 nitrogen and oxygen atoms in total. The van der Waals surface area contributed by atoms with Gasteiger partial charge in [0.2, 0.25) is 0 Å². The van der Waals surface area contributed by atoms with Gasteiger partial charge in [-0.3, -0.25) is 9.59 Å². The van der Waals surface area contributed by atoms with Crippen LogP contribution in [-0.4, -0.2) is 84.3 Å². The molecule has 0 aromatic heterocycles. The lowest BCUT2D eigenvalue weighted by Crippen LogP contribution is -2.28. The predicted octanol–water partition coefficient (Wildman–Crippen LogP) is -0.257. The highest BCUT2D eigenvalue weighted by molar-refractivity contribution is 6.26. The Morgan fingerprint density at radius 3 is 2.04 bits per heavy atom. The monoisotopic (exact) mass is 361 g/mol. The van der Waals surface area contributed by atoms with Crippen LogP contribution in [0.5, 0.6) is 0 Å². The Morgan fingerprint density at radius 1 is 0.920 bits per heavy atom. The zero-order valence-corrected chi connectivity index (χ0v) is 15.3.